The zero-order chi connectivity index (χ0) is 17.1. The number of methoxy groups -OCH3 is 1. The van der Waals surface area contributed by atoms with Crippen LogP contribution in [0.1, 0.15) is 36.0 Å². The summed E-state index contributed by atoms with van der Waals surface area (Å²) in [7, 11) is 1.71. The number of nitrogens with zero attached hydrogens (tertiary/aromatic N) is 3. The summed E-state index contributed by atoms with van der Waals surface area (Å²) >= 11 is 0. The van der Waals surface area contributed by atoms with Gasteiger partial charge in [-0.15, -0.1) is 0 Å². The fourth-order valence-corrected chi connectivity index (χ4v) is 3.66. The van der Waals surface area contributed by atoms with Gasteiger partial charge in [-0.05, 0) is 42.5 Å². The van der Waals surface area contributed by atoms with Crippen molar-refractivity contribution in [2.45, 2.75) is 31.7 Å². The molecule has 0 saturated carbocycles. The van der Waals surface area contributed by atoms with Gasteiger partial charge in [0.2, 0.25) is 0 Å². The second-order valence-electron chi connectivity index (χ2n) is 6.86. The summed E-state index contributed by atoms with van der Waals surface area (Å²) in [4.78, 5) is 10.5. The summed E-state index contributed by atoms with van der Waals surface area (Å²) in [5, 5.41) is 8.77. The SMILES string of the molecule is COCCc1nc(C2CCCN(Cc3ccc4cc[nH]c4c3)C2)n[nH]1. The van der Waals surface area contributed by atoms with Gasteiger partial charge in [-0.3, -0.25) is 10.00 Å². The molecule has 0 amide bonds. The van der Waals surface area contributed by atoms with Gasteiger partial charge in [0.25, 0.3) is 0 Å². The number of piperidine rings is 1. The lowest BCUT2D eigenvalue weighted by Gasteiger charge is -2.31. The van der Waals surface area contributed by atoms with E-state index in [0.29, 0.717) is 12.5 Å². The second kappa shape index (κ2) is 7.37. The van der Waals surface area contributed by atoms with Gasteiger partial charge in [-0.1, -0.05) is 12.1 Å². The molecular weight excluding hydrogens is 314 g/mol. The average molecular weight is 339 g/mol. The molecule has 132 valence electrons. The molecule has 4 rings (SSSR count). The van der Waals surface area contributed by atoms with Crippen molar-refractivity contribution in [1.29, 1.82) is 0 Å². The van der Waals surface area contributed by atoms with Crippen molar-refractivity contribution in [2.75, 3.05) is 26.8 Å². The third kappa shape index (κ3) is 3.75. The molecule has 6 nitrogen and oxygen atoms in total. The fourth-order valence-electron chi connectivity index (χ4n) is 3.66. The van der Waals surface area contributed by atoms with E-state index in [1.807, 2.05) is 6.20 Å². The summed E-state index contributed by atoms with van der Waals surface area (Å²) < 4.78 is 5.11. The molecule has 6 heteroatoms. The number of hydrogen-bond donors (Lipinski definition) is 2. The number of H-pyrrole nitrogens is 2. The van der Waals surface area contributed by atoms with Crippen LogP contribution in [0.2, 0.25) is 0 Å². The molecule has 1 atom stereocenters. The predicted molar refractivity (Wildman–Crippen MR) is 97.5 cm³/mol. The highest BCUT2D eigenvalue weighted by atomic mass is 16.5. The van der Waals surface area contributed by atoms with Crippen LogP contribution in [-0.2, 0) is 17.7 Å². The molecular formula is C19H25N5O. The lowest BCUT2D eigenvalue weighted by atomic mass is 9.97. The molecule has 3 heterocycles. The Bertz CT molecular complexity index is 824. The van der Waals surface area contributed by atoms with E-state index >= 15 is 0 Å². The molecule has 0 radical (unpaired) electrons. The number of likely N-dealkylation sites (tertiary alicyclic amines) is 1. The number of aromatic amines is 2. The monoisotopic (exact) mass is 339 g/mol. The first-order valence-electron chi connectivity index (χ1n) is 9.00. The molecule has 1 aliphatic heterocycles. The number of aromatic nitrogens is 4. The Labute approximate surface area is 147 Å². The first-order valence-corrected chi connectivity index (χ1v) is 9.00. The van der Waals surface area contributed by atoms with Crippen LogP contribution in [0.5, 0.6) is 0 Å². The van der Waals surface area contributed by atoms with Crippen molar-refractivity contribution in [1.82, 2.24) is 25.1 Å². The first-order chi connectivity index (χ1) is 12.3. The summed E-state index contributed by atoms with van der Waals surface area (Å²) in [6.07, 6.45) is 5.14. The number of fused-ring (bicyclic) bond motifs is 1. The van der Waals surface area contributed by atoms with Crippen LogP contribution in [-0.4, -0.2) is 51.9 Å². The number of nitrogens with one attached hydrogen (secondary N) is 2. The Hall–Kier alpha value is -2.18. The molecule has 0 aliphatic carbocycles. The Kier molecular flexibility index (Phi) is 4.81. The van der Waals surface area contributed by atoms with E-state index in [2.05, 4.69) is 49.3 Å². The van der Waals surface area contributed by atoms with Crippen molar-refractivity contribution in [3.63, 3.8) is 0 Å². The normalized spacial score (nSPS) is 18.8. The zero-order valence-corrected chi connectivity index (χ0v) is 14.7. The Morgan fingerprint density at radius 1 is 1.32 bits per heavy atom. The van der Waals surface area contributed by atoms with Crippen LogP contribution in [0.15, 0.2) is 30.5 Å². The second-order valence-corrected chi connectivity index (χ2v) is 6.86. The smallest absolute Gasteiger partial charge is 0.155 e. The van der Waals surface area contributed by atoms with E-state index in [4.69, 9.17) is 4.74 Å². The zero-order valence-electron chi connectivity index (χ0n) is 14.7. The van der Waals surface area contributed by atoms with Crippen LogP contribution in [0, 0.1) is 0 Å². The molecule has 2 aromatic heterocycles. The molecule has 2 N–H and O–H groups in total. The fraction of sp³-hybridized carbons (Fsp3) is 0.474. The van der Waals surface area contributed by atoms with Gasteiger partial charge in [-0.2, -0.15) is 5.10 Å². The third-order valence-electron chi connectivity index (χ3n) is 4.99. The largest absolute Gasteiger partial charge is 0.384 e. The van der Waals surface area contributed by atoms with Crippen molar-refractivity contribution in [2.24, 2.45) is 0 Å². The van der Waals surface area contributed by atoms with E-state index in [-0.39, 0.29) is 0 Å². The summed E-state index contributed by atoms with van der Waals surface area (Å²) in [6.45, 7) is 3.81. The molecule has 1 aromatic carbocycles. The van der Waals surface area contributed by atoms with E-state index in [9.17, 15) is 0 Å². The molecule has 1 unspecified atom stereocenters. The maximum Gasteiger partial charge on any atom is 0.155 e. The highest BCUT2D eigenvalue weighted by Gasteiger charge is 2.24. The van der Waals surface area contributed by atoms with E-state index in [1.54, 1.807) is 7.11 Å². The molecule has 1 aliphatic rings. The minimum absolute atomic E-state index is 0.413. The quantitative estimate of drug-likeness (QED) is 0.724. The van der Waals surface area contributed by atoms with Gasteiger partial charge < -0.3 is 9.72 Å². The lowest BCUT2D eigenvalue weighted by Crippen LogP contribution is -2.34. The number of rotatable bonds is 6. The molecule has 1 saturated heterocycles. The van der Waals surface area contributed by atoms with E-state index < -0.39 is 0 Å². The lowest BCUT2D eigenvalue weighted by molar-refractivity contribution is 0.196. The van der Waals surface area contributed by atoms with Crippen molar-refractivity contribution >= 4 is 10.9 Å². The van der Waals surface area contributed by atoms with Gasteiger partial charge in [0.1, 0.15) is 5.82 Å². The Balaban J connectivity index is 1.41. The van der Waals surface area contributed by atoms with Crippen LogP contribution >= 0.6 is 0 Å². The van der Waals surface area contributed by atoms with Gasteiger partial charge in [0.15, 0.2) is 5.82 Å². The van der Waals surface area contributed by atoms with Gasteiger partial charge in [-0.25, -0.2) is 4.98 Å². The maximum atomic E-state index is 5.11. The number of hydrogen-bond acceptors (Lipinski definition) is 4. The Morgan fingerprint density at radius 2 is 2.28 bits per heavy atom. The standard InChI is InChI=1S/C19H25N5O/c1-25-10-7-18-21-19(23-22-18)16-3-2-9-24(13-16)12-14-4-5-15-6-8-20-17(15)11-14/h4-6,8,11,16,20H,2-3,7,9-10,12-13H2,1H3,(H,21,22,23). The third-order valence-corrected chi connectivity index (χ3v) is 4.99. The first kappa shape index (κ1) is 16.3. The van der Waals surface area contributed by atoms with E-state index in [0.717, 1.165) is 44.1 Å². The van der Waals surface area contributed by atoms with Crippen LogP contribution < -0.4 is 0 Å². The molecule has 0 bridgehead atoms. The average Bonchev–Trinajstić information content (AvgIpc) is 3.29. The van der Waals surface area contributed by atoms with Crippen LogP contribution in [0.4, 0.5) is 0 Å². The van der Waals surface area contributed by atoms with Crippen LogP contribution in [0.3, 0.4) is 0 Å². The summed E-state index contributed by atoms with van der Waals surface area (Å²) in [5.74, 6) is 2.29. The topological polar surface area (TPSA) is 69.8 Å². The van der Waals surface area contributed by atoms with Crippen LogP contribution in [0.25, 0.3) is 10.9 Å². The maximum absolute atomic E-state index is 5.11. The number of benzene rings is 1. The highest BCUT2D eigenvalue weighted by molar-refractivity contribution is 5.79. The summed E-state index contributed by atoms with van der Waals surface area (Å²) in [5.41, 5.74) is 2.56. The molecule has 3 aromatic rings. The molecule has 0 spiro atoms. The molecule has 1 fully saturated rings. The Morgan fingerprint density at radius 3 is 3.20 bits per heavy atom. The molecule has 25 heavy (non-hydrogen) atoms. The highest BCUT2D eigenvalue weighted by Crippen LogP contribution is 2.26. The van der Waals surface area contributed by atoms with Crippen molar-refractivity contribution < 1.29 is 4.74 Å². The van der Waals surface area contributed by atoms with Crippen molar-refractivity contribution in [3.8, 4) is 0 Å². The number of ether oxygens (including phenoxy) is 1. The summed E-state index contributed by atoms with van der Waals surface area (Å²) in [6, 6.07) is 8.80. The minimum Gasteiger partial charge on any atom is -0.384 e. The predicted octanol–water partition coefficient (Wildman–Crippen LogP) is 2.85. The van der Waals surface area contributed by atoms with Gasteiger partial charge in [0.05, 0.1) is 6.61 Å². The van der Waals surface area contributed by atoms with Crippen molar-refractivity contribution in [3.05, 3.63) is 47.7 Å². The van der Waals surface area contributed by atoms with E-state index in [1.165, 1.54) is 22.9 Å². The van der Waals surface area contributed by atoms with Gasteiger partial charge >= 0.3 is 0 Å². The minimum atomic E-state index is 0.413. The van der Waals surface area contributed by atoms with Gasteiger partial charge in [0, 0.05) is 44.3 Å².